The van der Waals surface area contributed by atoms with E-state index in [0.29, 0.717) is 18.2 Å². The second-order valence-corrected chi connectivity index (χ2v) is 4.56. The van der Waals surface area contributed by atoms with E-state index in [1.54, 1.807) is 30.3 Å². The van der Waals surface area contributed by atoms with Gasteiger partial charge in [-0.1, -0.05) is 12.1 Å². The van der Waals surface area contributed by atoms with Crippen molar-refractivity contribution >= 4 is 6.09 Å². The number of amides is 1. The molecule has 2 rings (SSSR count). The highest BCUT2D eigenvalue weighted by molar-refractivity contribution is 5.64. The van der Waals surface area contributed by atoms with Crippen molar-refractivity contribution in [1.82, 2.24) is 10.3 Å². The van der Waals surface area contributed by atoms with E-state index in [1.165, 1.54) is 0 Å². The van der Waals surface area contributed by atoms with Gasteiger partial charge < -0.3 is 20.9 Å². The van der Waals surface area contributed by atoms with Crippen molar-refractivity contribution in [2.45, 2.75) is 20.0 Å². The van der Waals surface area contributed by atoms with Crippen LogP contribution in [0.25, 0.3) is 0 Å². The van der Waals surface area contributed by atoms with Crippen molar-refractivity contribution in [3.63, 3.8) is 0 Å². The van der Waals surface area contributed by atoms with Crippen molar-refractivity contribution < 1.29 is 14.6 Å². The molecule has 1 aromatic heterocycles. The van der Waals surface area contributed by atoms with Gasteiger partial charge in [-0.25, -0.2) is 9.78 Å². The number of hydrogen-bond donors (Lipinski definition) is 3. The number of pyridine rings is 1. The van der Waals surface area contributed by atoms with E-state index in [0.717, 1.165) is 16.8 Å². The topological polar surface area (TPSA) is 97.5 Å². The molecule has 0 aliphatic rings. The molecule has 1 heterocycles. The number of nitrogens with two attached hydrogens (primary N) is 1. The van der Waals surface area contributed by atoms with Crippen molar-refractivity contribution in [2.24, 2.45) is 5.73 Å². The van der Waals surface area contributed by atoms with Crippen molar-refractivity contribution in [1.29, 1.82) is 0 Å². The highest BCUT2D eigenvalue weighted by atomic mass is 16.5. The number of carbonyl (C=O) groups is 1. The fourth-order valence-corrected chi connectivity index (χ4v) is 1.85. The van der Waals surface area contributed by atoms with Gasteiger partial charge in [0.15, 0.2) is 0 Å². The van der Waals surface area contributed by atoms with Gasteiger partial charge in [0.05, 0.1) is 0 Å². The molecule has 0 unspecified atom stereocenters. The van der Waals surface area contributed by atoms with Crippen LogP contribution in [0.2, 0.25) is 0 Å². The number of nitrogens with one attached hydrogen (secondary N) is 1. The minimum atomic E-state index is -1.05. The number of benzene rings is 1. The summed E-state index contributed by atoms with van der Waals surface area (Å²) in [5, 5.41) is 10.8. The van der Waals surface area contributed by atoms with Gasteiger partial charge in [0.1, 0.15) is 5.75 Å². The molecule has 110 valence electrons. The number of rotatable bonds is 5. The average Bonchev–Trinajstić information content (AvgIpc) is 2.46. The molecule has 1 aromatic carbocycles. The molecule has 0 bridgehead atoms. The standard InChI is InChI=1S/C15H17N3O3/c1-10-6-12(8-16)7-14(18-10)21-13-4-2-11(3-5-13)9-17-15(19)20/h2-7,17H,8-9,16H2,1H3,(H,19,20). The third-order valence-corrected chi connectivity index (χ3v) is 2.81. The summed E-state index contributed by atoms with van der Waals surface area (Å²) in [6, 6.07) is 10.8. The van der Waals surface area contributed by atoms with Gasteiger partial charge in [-0.05, 0) is 36.2 Å². The summed E-state index contributed by atoms with van der Waals surface area (Å²) in [4.78, 5) is 14.7. The summed E-state index contributed by atoms with van der Waals surface area (Å²) in [6.07, 6.45) is -1.05. The van der Waals surface area contributed by atoms with E-state index in [1.807, 2.05) is 13.0 Å². The molecular formula is C15H17N3O3. The first-order chi connectivity index (χ1) is 10.1. The van der Waals surface area contributed by atoms with E-state index in [2.05, 4.69) is 10.3 Å². The molecule has 6 nitrogen and oxygen atoms in total. The van der Waals surface area contributed by atoms with Crippen LogP contribution in [0.4, 0.5) is 4.79 Å². The number of nitrogens with zero attached hydrogens (tertiary/aromatic N) is 1. The fraction of sp³-hybridized carbons (Fsp3) is 0.200. The van der Waals surface area contributed by atoms with Crippen molar-refractivity contribution in [2.75, 3.05) is 0 Å². The van der Waals surface area contributed by atoms with Crippen LogP contribution in [-0.2, 0) is 13.1 Å². The van der Waals surface area contributed by atoms with Crippen LogP contribution < -0.4 is 15.8 Å². The zero-order valence-electron chi connectivity index (χ0n) is 11.7. The predicted octanol–water partition coefficient (Wildman–Crippen LogP) is 2.41. The Morgan fingerprint density at radius 2 is 2.00 bits per heavy atom. The first kappa shape index (κ1) is 14.8. The van der Waals surface area contributed by atoms with Crippen molar-refractivity contribution in [3.05, 3.63) is 53.2 Å². The largest absolute Gasteiger partial charge is 0.465 e. The molecule has 21 heavy (non-hydrogen) atoms. The first-order valence-corrected chi connectivity index (χ1v) is 6.48. The SMILES string of the molecule is Cc1cc(CN)cc(Oc2ccc(CNC(=O)O)cc2)n1. The molecule has 0 atom stereocenters. The molecule has 2 aromatic rings. The molecule has 0 aliphatic carbocycles. The lowest BCUT2D eigenvalue weighted by molar-refractivity contribution is 0.194. The lowest BCUT2D eigenvalue weighted by Crippen LogP contribution is -2.19. The molecule has 1 amide bonds. The monoisotopic (exact) mass is 287 g/mol. The first-order valence-electron chi connectivity index (χ1n) is 6.48. The molecule has 0 spiro atoms. The number of hydrogen-bond acceptors (Lipinski definition) is 4. The summed E-state index contributed by atoms with van der Waals surface area (Å²) >= 11 is 0. The minimum absolute atomic E-state index is 0.260. The Balaban J connectivity index is 2.06. The van der Waals surface area contributed by atoms with Gasteiger partial charge in [0, 0.05) is 24.8 Å². The Kier molecular flexibility index (Phi) is 4.73. The number of aryl methyl sites for hydroxylation is 1. The Labute approximate surface area is 122 Å². The van der Waals surface area contributed by atoms with Crippen LogP contribution in [0.15, 0.2) is 36.4 Å². The van der Waals surface area contributed by atoms with Crippen molar-refractivity contribution in [3.8, 4) is 11.6 Å². The summed E-state index contributed by atoms with van der Waals surface area (Å²) in [7, 11) is 0. The van der Waals surface area contributed by atoms with Gasteiger partial charge >= 0.3 is 6.09 Å². The van der Waals surface area contributed by atoms with Crippen LogP contribution in [0, 0.1) is 6.92 Å². The van der Waals surface area contributed by atoms with Crippen LogP contribution in [0.5, 0.6) is 11.6 Å². The smallest absolute Gasteiger partial charge is 0.404 e. The van der Waals surface area contributed by atoms with Gasteiger partial charge in [0.2, 0.25) is 5.88 Å². The fourth-order valence-electron chi connectivity index (χ4n) is 1.85. The van der Waals surface area contributed by atoms with E-state index in [-0.39, 0.29) is 6.54 Å². The highest BCUT2D eigenvalue weighted by Crippen LogP contribution is 2.21. The van der Waals surface area contributed by atoms with Gasteiger partial charge in [0.25, 0.3) is 0 Å². The summed E-state index contributed by atoms with van der Waals surface area (Å²) < 4.78 is 5.68. The predicted molar refractivity (Wildman–Crippen MR) is 78.2 cm³/mol. The van der Waals surface area contributed by atoms with Crippen LogP contribution in [0.1, 0.15) is 16.8 Å². The number of carboxylic acid groups (broad SMARTS) is 1. The second kappa shape index (κ2) is 6.71. The van der Waals surface area contributed by atoms with Gasteiger partial charge in [-0.2, -0.15) is 0 Å². The van der Waals surface area contributed by atoms with Gasteiger partial charge in [-0.15, -0.1) is 0 Å². The Hall–Kier alpha value is -2.60. The number of aromatic nitrogens is 1. The van der Waals surface area contributed by atoms with Gasteiger partial charge in [-0.3, -0.25) is 0 Å². The van der Waals surface area contributed by atoms with Crippen LogP contribution in [0.3, 0.4) is 0 Å². The van der Waals surface area contributed by atoms with Crippen LogP contribution in [-0.4, -0.2) is 16.2 Å². The Morgan fingerprint density at radius 1 is 1.29 bits per heavy atom. The Morgan fingerprint density at radius 3 is 2.62 bits per heavy atom. The summed E-state index contributed by atoms with van der Waals surface area (Å²) in [5.41, 5.74) is 8.27. The lowest BCUT2D eigenvalue weighted by Gasteiger charge is -2.08. The lowest BCUT2D eigenvalue weighted by atomic mass is 10.2. The molecule has 0 aliphatic heterocycles. The molecular weight excluding hydrogens is 270 g/mol. The molecule has 0 saturated carbocycles. The molecule has 0 saturated heterocycles. The van der Waals surface area contributed by atoms with E-state index >= 15 is 0 Å². The summed E-state index contributed by atoms with van der Waals surface area (Å²) in [6.45, 7) is 2.57. The normalized spacial score (nSPS) is 10.2. The van der Waals surface area contributed by atoms with Crippen LogP contribution >= 0.6 is 0 Å². The molecule has 0 fully saturated rings. The number of ether oxygens (including phenoxy) is 1. The van der Waals surface area contributed by atoms with E-state index < -0.39 is 6.09 Å². The van der Waals surface area contributed by atoms with E-state index in [4.69, 9.17) is 15.6 Å². The maximum Gasteiger partial charge on any atom is 0.404 e. The zero-order valence-corrected chi connectivity index (χ0v) is 11.7. The summed E-state index contributed by atoms with van der Waals surface area (Å²) in [5.74, 6) is 1.13. The molecule has 6 heteroatoms. The zero-order chi connectivity index (χ0) is 15.2. The quantitative estimate of drug-likeness (QED) is 0.784. The molecule has 0 radical (unpaired) electrons. The second-order valence-electron chi connectivity index (χ2n) is 4.56. The highest BCUT2D eigenvalue weighted by Gasteiger charge is 2.03. The minimum Gasteiger partial charge on any atom is -0.465 e. The molecule has 4 N–H and O–H groups in total. The Bertz CT molecular complexity index is 627. The maximum atomic E-state index is 10.4. The maximum absolute atomic E-state index is 10.4. The average molecular weight is 287 g/mol. The van der Waals surface area contributed by atoms with E-state index in [9.17, 15) is 4.79 Å². The third kappa shape index (κ3) is 4.47. The third-order valence-electron chi connectivity index (χ3n) is 2.81.